The minimum atomic E-state index is -0.631. The fourth-order valence-electron chi connectivity index (χ4n) is 1.66. The third-order valence-electron chi connectivity index (χ3n) is 2.56. The Bertz CT molecular complexity index is 754. The van der Waals surface area contributed by atoms with Crippen LogP contribution in [0.4, 0.5) is 15.3 Å². The lowest BCUT2D eigenvalue weighted by molar-refractivity contribution is -0.145. The molecule has 1 heterocycles. The summed E-state index contributed by atoms with van der Waals surface area (Å²) in [6, 6.07) is 2.83. The van der Waals surface area contributed by atoms with Crippen LogP contribution in [-0.2, 0) is 9.53 Å². The minimum absolute atomic E-state index is 0.101. The number of thiazole rings is 1. The van der Waals surface area contributed by atoms with E-state index in [0.717, 1.165) is 0 Å². The predicted octanol–water partition coefficient (Wildman–Crippen LogP) is 3.01. The summed E-state index contributed by atoms with van der Waals surface area (Å²) in [6.45, 7) is 1.50. The van der Waals surface area contributed by atoms with E-state index >= 15 is 0 Å². The molecule has 0 aliphatic rings. The van der Waals surface area contributed by atoms with Crippen LogP contribution in [0, 0.1) is 5.82 Å². The number of carbonyl (C=O) groups is 1. The zero-order chi connectivity index (χ0) is 17.5. The molecule has 0 aliphatic carbocycles. The third-order valence-corrected chi connectivity index (χ3v) is 3.79. The largest absolute Gasteiger partial charge is 0.478 e. The van der Waals surface area contributed by atoms with Crippen molar-refractivity contribution in [3.8, 4) is 5.75 Å². The first kappa shape index (κ1) is 18.1. The molecular weight excluding hydrogens is 403 g/mol. The van der Waals surface area contributed by atoms with Crippen LogP contribution in [0.25, 0.3) is 0 Å². The number of nitrogen functional groups attached to an aromatic ring is 1. The van der Waals surface area contributed by atoms with Gasteiger partial charge in [-0.3, -0.25) is 5.43 Å². The van der Waals surface area contributed by atoms with E-state index in [4.69, 9.17) is 15.2 Å². The van der Waals surface area contributed by atoms with Crippen LogP contribution in [0.15, 0.2) is 27.1 Å². The van der Waals surface area contributed by atoms with Gasteiger partial charge >= 0.3 is 5.97 Å². The van der Waals surface area contributed by atoms with Crippen LogP contribution in [0.5, 0.6) is 5.75 Å². The Morgan fingerprint density at radius 2 is 2.38 bits per heavy atom. The summed E-state index contributed by atoms with van der Waals surface area (Å²) in [7, 11) is 0. The van der Waals surface area contributed by atoms with Crippen molar-refractivity contribution in [3.63, 3.8) is 0 Å². The molecule has 0 saturated carbocycles. The number of nitrogens with two attached hydrogens (primary N) is 1. The number of hydrazone groups is 1. The lowest BCUT2D eigenvalue weighted by atomic mass is 10.2. The number of anilines is 2. The van der Waals surface area contributed by atoms with Crippen LogP contribution >= 0.6 is 27.3 Å². The number of aromatic nitrogens is 1. The second kappa shape index (κ2) is 8.60. The molecule has 1 aromatic heterocycles. The van der Waals surface area contributed by atoms with Gasteiger partial charge in [-0.25, -0.2) is 14.2 Å². The van der Waals surface area contributed by atoms with E-state index in [1.807, 2.05) is 0 Å². The van der Waals surface area contributed by atoms with Crippen molar-refractivity contribution in [1.82, 2.24) is 4.98 Å². The molecular formula is C14H14BrFN4O3S. The Morgan fingerprint density at radius 3 is 3.04 bits per heavy atom. The summed E-state index contributed by atoms with van der Waals surface area (Å²) >= 11 is 4.47. The molecule has 7 nitrogen and oxygen atoms in total. The maximum Gasteiger partial charge on any atom is 0.344 e. The van der Waals surface area contributed by atoms with E-state index in [9.17, 15) is 9.18 Å². The van der Waals surface area contributed by atoms with Crippen molar-refractivity contribution in [2.75, 3.05) is 24.4 Å². The number of rotatable bonds is 7. The Kier molecular flexibility index (Phi) is 6.50. The molecule has 1 aromatic carbocycles. The summed E-state index contributed by atoms with van der Waals surface area (Å²) in [6.07, 6.45) is 1.35. The molecule has 0 amide bonds. The van der Waals surface area contributed by atoms with Gasteiger partial charge in [0.15, 0.2) is 18.2 Å². The number of halogens is 2. The van der Waals surface area contributed by atoms with Crippen molar-refractivity contribution in [2.24, 2.45) is 5.10 Å². The molecule has 0 radical (unpaired) electrons. The molecule has 24 heavy (non-hydrogen) atoms. The van der Waals surface area contributed by atoms with Crippen molar-refractivity contribution in [3.05, 3.63) is 33.4 Å². The minimum Gasteiger partial charge on any atom is -0.478 e. The van der Waals surface area contributed by atoms with Crippen molar-refractivity contribution >= 4 is 50.4 Å². The highest BCUT2D eigenvalue weighted by Gasteiger charge is 2.13. The number of nitrogens with one attached hydrogen (secondary N) is 1. The Labute approximate surface area is 149 Å². The lowest BCUT2D eigenvalue weighted by Gasteiger charge is -2.10. The van der Waals surface area contributed by atoms with Crippen LogP contribution in [0.2, 0.25) is 0 Å². The van der Waals surface area contributed by atoms with Crippen molar-refractivity contribution in [2.45, 2.75) is 6.92 Å². The number of carbonyl (C=O) groups excluding carboxylic acids is 1. The number of ether oxygens (including phenoxy) is 2. The van der Waals surface area contributed by atoms with Gasteiger partial charge < -0.3 is 15.2 Å². The maximum absolute atomic E-state index is 14.1. The second-order valence-corrected chi connectivity index (χ2v) is 6.12. The van der Waals surface area contributed by atoms with Crippen LogP contribution < -0.4 is 15.9 Å². The van der Waals surface area contributed by atoms with E-state index in [1.54, 1.807) is 18.4 Å². The summed E-state index contributed by atoms with van der Waals surface area (Å²) in [5.74, 6) is -0.937. The number of hydrogen-bond donors (Lipinski definition) is 2. The summed E-state index contributed by atoms with van der Waals surface area (Å²) in [5, 5.41) is 6.12. The molecule has 0 spiro atoms. The molecule has 10 heteroatoms. The molecule has 0 aliphatic heterocycles. The van der Waals surface area contributed by atoms with Gasteiger partial charge in [0.2, 0.25) is 5.13 Å². The Hall–Kier alpha value is -2.20. The first-order valence-corrected chi connectivity index (χ1v) is 8.44. The average Bonchev–Trinajstić information content (AvgIpc) is 2.92. The van der Waals surface area contributed by atoms with Gasteiger partial charge in [-0.05, 0) is 19.1 Å². The van der Waals surface area contributed by atoms with E-state index in [1.165, 1.54) is 23.6 Å². The topological polar surface area (TPSA) is 98.8 Å². The summed E-state index contributed by atoms with van der Waals surface area (Å²) < 4.78 is 24.6. The van der Waals surface area contributed by atoms with Crippen LogP contribution in [0.3, 0.4) is 0 Å². The highest BCUT2D eigenvalue weighted by atomic mass is 79.9. The Morgan fingerprint density at radius 1 is 1.58 bits per heavy atom. The quantitative estimate of drug-likeness (QED) is 0.408. The average molecular weight is 417 g/mol. The standard InChI is InChI=1S/C14H14BrFN4O3S/c1-2-22-12(21)6-23-13-8(3-9(15)4-10(13)16)5-18-20-14-19-11(17)7-24-14/h3-5,7H,2,6,17H2,1H3,(H,19,20). The second-order valence-electron chi connectivity index (χ2n) is 4.35. The van der Waals surface area contributed by atoms with E-state index in [-0.39, 0.29) is 12.4 Å². The number of nitrogens with zero attached hydrogens (tertiary/aromatic N) is 2. The molecule has 2 aromatic rings. The molecule has 0 unspecified atom stereocenters. The molecule has 0 saturated heterocycles. The van der Waals surface area contributed by atoms with Gasteiger partial charge in [-0.1, -0.05) is 15.9 Å². The molecule has 3 N–H and O–H groups in total. The lowest BCUT2D eigenvalue weighted by Crippen LogP contribution is -2.16. The molecule has 0 fully saturated rings. The van der Waals surface area contributed by atoms with Crippen LogP contribution in [0.1, 0.15) is 12.5 Å². The molecule has 128 valence electrons. The van der Waals surface area contributed by atoms with Crippen molar-refractivity contribution < 1.29 is 18.7 Å². The number of benzene rings is 1. The van der Waals surface area contributed by atoms with Gasteiger partial charge in [0, 0.05) is 15.4 Å². The zero-order valence-electron chi connectivity index (χ0n) is 12.6. The van der Waals surface area contributed by atoms with Gasteiger partial charge in [-0.2, -0.15) is 5.10 Å². The monoisotopic (exact) mass is 416 g/mol. The summed E-state index contributed by atoms with van der Waals surface area (Å²) in [5.41, 5.74) is 8.52. The summed E-state index contributed by atoms with van der Waals surface area (Å²) in [4.78, 5) is 15.3. The zero-order valence-corrected chi connectivity index (χ0v) is 15.0. The molecule has 0 atom stereocenters. The highest BCUT2D eigenvalue weighted by molar-refractivity contribution is 9.10. The SMILES string of the molecule is CCOC(=O)COc1c(F)cc(Br)cc1C=NNc1nc(N)cs1. The van der Waals surface area contributed by atoms with Gasteiger partial charge in [0.05, 0.1) is 12.8 Å². The number of esters is 1. The highest BCUT2D eigenvalue weighted by Crippen LogP contribution is 2.26. The van der Waals surface area contributed by atoms with Gasteiger partial charge in [0.25, 0.3) is 0 Å². The van der Waals surface area contributed by atoms with Gasteiger partial charge in [0.1, 0.15) is 5.82 Å². The molecule has 0 bridgehead atoms. The van der Waals surface area contributed by atoms with E-state index in [0.29, 0.717) is 21.0 Å². The van der Waals surface area contributed by atoms with E-state index < -0.39 is 18.4 Å². The first-order chi connectivity index (χ1) is 11.5. The normalized spacial score (nSPS) is 10.8. The van der Waals surface area contributed by atoms with E-state index in [2.05, 4.69) is 31.4 Å². The fraction of sp³-hybridized carbons (Fsp3) is 0.214. The van der Waals surface area contributed by atoms with Gasteiger partial charge in [-0.15, -0.1) is 11.3 Å². The number of hydrogen-bond acceptors (Lipinski definition) is 8. The maximum atomic E-state index is 14.1. The predicted molar refractivity (Wildman–Crippen MR) is 94.0 cm³/mol. The fourth-order valence-corrected chi connectivity index (χ4v) is 2.65. The van der Waals surface area contributed by atoms with Crippen molar-refractivity contribution in [1.29, 1.82) is 0 Å². The Balaban J connectivity index is 2.13. The molecule has 2 rings (SSSR count). The van der Waals surface area contributed by atoms with Crippen LogP contribution in [-0.4, -0.2) is 30.4 Å². The first-order valence-electron chi connectivity index (χ1n) is 6.77. The third kappa shape index (κ3) is 5.17. The smallest absolute Gasteiger partial charge is 0.344 e.